The predicted octanol–water partition coefficient (Wildman–Crippen LogP) is 3.99. The molecule has 1 heterocycles. The molecule has 0 fully saturated rings. The maximum Gasteiger partial charge on any atom is 0.288 e. The summed E-state index contributed by atoms with van der Waals surface area (Å²) in [6, 6.07) is 6.52. The van der Waals surface area contributed by atoms with Gasteiger partial charge in [-0.3, -0.25) is 14.8 Å². The summed E-state index contributed by atoms with van der Waals surface area (Å²) >= 11 is 5.83. The number of benzene rings is 1. The molecule has 6 nitrogen and oxygen atoms in total. The summed E-state index contributed by atoms with van der Waals surface area (Å²) in [4.78, 5) is 10.1. The van der Waals surface area contributed by atoms with Crippen LogP contribution in [0.15, 0.2) is 30.5 Å². The summed E-state index contributed by atoms with van der Waals surface area (Å²) < 4.78 is 7.44. The molecule has 0 aliphatic heterocycles. The van der Waals surface area contributed by atoms with Crippen LogP contribution in [0.2, 0.25) is 5.02 Å². The quantitative estimate of drug-likeness (QED) is 0.597. The van der Waals surface area contributed by atoms with Gasteiger partial charge in [-0.25, -0.2) is 0 Å². The van der Waals surface area contributed by atoms with E-state index in [0.717, 1.165) is 12.1 Å². The second-order valence-electron chi connectivity index (χ2n) is 4.70. The Morgan fingerprint density at radius 1 is 1.48 bits per heavy atom. The predicted molar refractivity (Wildman–Crippen MR) is 79.7 cm³/mol. The zero-order valence-corrected chi connectivity index (χ0v) is 12.6. The van der Waals surface area contributed by atoms with E-state index in [1.54, 1.807) is 0 Å². The molecule has 0 N–H and O–H groups in total. The number of hydrogen-bond acceptors (Lipinski definition) is 4. The van der Waals surface area contributed by atoms with Crippen molar-refractivity contribution in [2.75, 3.05) is 0 Å². The largest absolute Gasteiger partial charge is 0.487 e. The molecule has 0 bridgehead atoms. The Hall–Kier alpha value is -2.08. The van der Waals surface area contributed by atoms with Gasteiger partial charge in [0.1, 0.15) is 17.4 Å². The van der Waals surface area contributed by atoms with E-state index in [1.807, 2.05) is 16.9 Å². The Morgan fingerprint density at radius 2 is 2.24 bits per heavy atom. The van der Waals surface area contributed by atoms with E-state index in [1.165, 1.54) is 18.2 Å². The fourth-order valence-electron chi connectivity index (χ4n) is 1.77. The minimum Gasteiger partial charge on any atom is -0.487 e. The van der Waals surface area contributed by atoms with Crippen molar-refractivity contribution in [3.8, 4) is 5.75 Å². The lowest BCUT2D eigenvalue weighted by atomic mass is 10.3. The van der Waals surface area contributed by atoms with E-state index in [-0.39, 0.29) is 17.3 Å². The van der Waals surface area contributed by atoms with Crippen molar-refractivity contribution >= 4 is 17.3 Å². The summed E-state index contributed by atoms with van der Waals surface area (Å²) in [5.74, 6) is 0.476. The van der Waals surface area contributed by atoms with Crippen LogP contribution in [0.5, 0.6) is 5.75 Å². The fourth-order valence-corrected chi connectivity index (χ4v) is 2.01. The summed E-state index contributed by atoms with van der Waals surface area (Å²) in [6.07, 6.45) is 2.91. The van der Waals surface area contributed by atoms with Crippen molar-refractivity contribution in [1.82, 2.24) is 9.78 Å². The van der Waals surface area contributed by atoms with Gasteiger partial charge in [-0.1, -0.05) is 18.5 Å². The van der Waals surface area contributed by atoms with E-state index in [2.05, 4.69) is 18.9 Å². The molecular formula is C14H16ClN3O3. The lowest BCUT2D eigenvalue weighted by Gasteiger charge is -2.08. The molecule has 0 radical (unpaired) electrons. The van der Waals surface area contributed by atoms with Gasteiger partial charge in [0.2, 0.25) is 0 Å². The molecule has 0 aliphatic carbocycles. The lowest BCUT2D eigenvalue weighted by Crippen LogP contribution is -2.05. The number of hydrogen-bond donors (Lipinski definition) is 0. The first kappa shape index (κ1) is 15.3. The average molecular weight is 310 g/mol. The van der Waals surface area contributed by atoms with Crippen LogP contribution in [0.3, 0.4) is 0 Å². The van der Waals surface area contributed by atoms with Crippen molar-refractivity contribution < 1.29 is 9.66 Å². The van der Waals surface area contributed by atoms with Crippen LogP contribution in [0.4, 0.5) is 5.69 Å². The molecule has 1 aromatic heterocycles. The third kappa shape index (κ3) is 3.72. The van der Waals surface area contributed by atoms with E-state index >= 15 is 0 Å². The van der Waals surface area contributed by atoms with Crippen LogP contribution in [-0.4, -0.2) is 14.7 Å². The van der Waals surface area contributed by atoms with Gasteiger partial charge in [-0.2, -0.15) is 5.10 Å². The molecule has 2 aromatic rings. The number of aromatic nitrogens is 2. The Morgan fingerprint density at radius 3 is 2.86 bits per heavy atom. The molecule has 1 unspecified atom stereocenters. The highest BCUT2D eigenvalue weighted by atomic mass is 35.5. The highest BCUT2D eigenvalue weighted by molar-refractivity contribution is 6.32. The SMILES string of the molecule is CCC(C)n1ccc(COc2ccc([N+](=O)[O-])c(Cl)c2)n1. The van der Waals surface area contributed by atoms with Crippen LogP contribution in [0.25, 0.3) is 0 Å². The minimum absolute atomic E-state index is 0.0580. The van der Waals surface area contributed by atoms with Crippen molar-refractivity contribution in [3.05, 3.63) is 51.3 Å². The normalized spacial score (nSPS) is 12.1. The Balaban J connectivity index is 2.01. The first-order chi connectivity index (χ1) is 10.0. The molecule has 0 saturated carbocycles. The number of rotatable bonds is 6. The molecule has 21 heavy (non-hydrogen) atoms. The van der Waals surface area contributed by atoms with Gasteiger partial charge in [-0.05, 0) is 25.5 Å². The minimum atomic E-state index is -0.528. The maximum absolute atomic E-state index is 10.7. The first-order valence-corrected chi connectivity index (χ1v) is 6.99. The van der Waals surface area contributed by atoms with Crippen LogP contribution in [0.1, 0.15) is 32.0 Å². The number of nitro benzene ring substituents is 1. The molecule has 0 saturated heterocycles. The number of nitro groups is 1. The van der Waals surface area contributed by atoms with Crippen molar-refractivity contribution in [3.63, 3.8) is 0 Å². The van der Waals surface area contributed by atoms with Gasteiger partial charge in [0, 0.05) is 24.4 Å². The molecule has 0 spiro atoms. The van der Waals surface area contributed by atoms with E-state index in [4.69, 9.17) is 16.3 Å². The molecule has 2 rings (SSSR count). The van der Waals surface area contributed by atoms with Crippen LogP contribution in [0, 0.1) is 10.1 Å². The number of halogens is 1. The smallest absolute Gasteiger partial charge is 0.288 e. The van der Waals surface area contributed by atoms with Crippen LogP contribution in [-0.2, 0) is 6.61 Å². The standard InChI is InChI=1S/C14H16ClN3O3/c1-3-10(2)17-7-6-11(16-17)9-21-12-4-5-14(18(19)20)13(15)8-12/h4-8,10H,3,9H2,1-2H3. The van der Waals surface area contributed by atoms with E-state index in [9.17, 15) is 10.1 Å². The first-order valence-electron chi connectivity index (χ1n) is 6.62. The molecule has 1 atom stereocenters. The molecule has 0 amide bonds. The third-order valence-corrected chi connectivity index (χ3v) is 3.51. The van der Waals surface area contributed by atoms with Gasteiger partial charge in [0.05, 0.1) is 10.6 Å². The zero-order chi connectivity index (χ0) is 15.4. The summed E-state index contributed by atoms with van der Waals surface area (Å²) in [7, 11) is 0. The van der Waals surface area contributed by atoms with Crippen LogP contribution < -0.4 is 4.74 Å². The van der Waals surface area contributed by atoms with Crippen molar-refractivity contribution in [2.45, 2.75) is 32.9 Å². The highest BCUT2D eigenvalue weighted by Gasteiger charge is 2.13. The monoisotopic (exact) mass is 309 g/mol. The number of ether oxygens (including phenoxy) is 1. The molecule has 7 heteroatoms. The third-order valence-electron chi connectivity index (χ3n) is 3.21. The Kier molecular flexibility index (Phi) is 4.80. The van der Waals surface area contributed by atoms with Gasteiger partial charge < -0.3 is 4.74 Å². The number of nitrogens with zero attached hydrogens (tertiary/aromatic N) is 3. The summed E-state index contributed by atoms with van der Waals surface area (Å²) in [5, 5.41) is 15.1. The summed E-state index contributed by atoms with van der Waals surface area (Å²) in [5.41, 5.74) is 0.662. The molecule has 112 valence electrons. The lowest BCUT2D eigenvalue weighted by molar-refractivity contribution is -0.384. The van der Waals surface area contributed by atoms with Gasteiger partial charge in [0.25, 0.3) is 5.69 Å². The topological polar surface area (TPSA) is 70.2 Å². The van der Waals surface area contributed by atoms with Crippen molar-refractivity contribution in [1.29, 1.82) is 0 Å². The van der Waals surface area contributed by atoms with Gasteiger partial charge in [-0.15, -0.1) is 0 Å². The second-order valence-corrected chi connectivity index (χ2v) is 5.11. The average Bonchev–Trinajstić information content (AvgIpc) is 2.92. The van der Waals surface area contributed by atoms with Gasteiger partial charge >= 0.3 is 0 Å². The Bertz CT molecular complexity index is 642. The molecular weight excluding hydrogens is 294 g/mol. The molecule has 1 aromatic carbocycles. The van der Waals surface area contributed by atoms with E-state index < -0.39 is 4.92 Å². The Labute approximate surface area is 127 Å². The van der Waals surface area contributed by atoms with Crippen molar-refractivity contribution in [2.24, 2.45) is 0 Å². The van der Waals surface area contributed by atoms with Crippen LogP contribution >= 0.6 is 11.6 Å². The highest BCUT2D eigenvalue weighted by Crippen LogP contribution is 2.28. The molecule has 0 aliphatic rings. The zero-order valence-electron chi connectivity index (χ0n) is 11.8. The van der Waals surface area contributed by atoms with Gasteiger partial charge in [0.15, 0.2) is 0 Å². The maximum atomic E-state index is 10.7. The fraction of sp³-hybridized carbons (Fsp3) is 0.357. The summed E-state index contributed by atoms with van der Waals surface area (Å²) in [6.45, 7) is 4.48. The van der Waals surface area contributed by atoms with E-state index in [0.29, 0.717) is 11.8 Å². The second kappa shape index (κ2) is 6.58.